The van der Waals surface area contributed by atoms with Gasteiger partial charge in [-0.15, -0.1) is 0 Å². The minimum Gasteiger partial charge on any atom is -0.354 e. The number of rotatable bonds is 5. The summed E-state index contributed by atoms with van der Waals surface area (Å²) in [5.41, 5.74) is 0.509. The summed E-state index contributed by atoms with van der Waals surface area (Å²) in [6, 6.07) is 5.99. The van der Waals surface area contributed by atoms with Crippen LogP contribution in [0, 0.1) is 11.8 Å². The van der Waals surface area contributed by atoms with Crippen LogP contribution in [0.25, 0.3) is 0 Å². The van der Waals surface area contributed by atoms with Crippen molar-refractivity contribution in [2.24, 2.45) is 16.8 Å². The van der Waals surface area contributed by atoms with E-state index in [2.05, 4.69) is 15.0 Å². The van der Waals surface area contributed by atoms with Crippen molar-refractivity contribution in [3.63, 3.8) is 0 Å². The highest BCUT2D eigenvalue weighted by Crippen LogP contribution is 2.23. The minimum atomic E-state index is -3.59. The summed E-state index contributed by atoms with van der Waals surface area (Å²) in [5, 5.41) is 2.86. The molecule has 126 valence electrons. The van der Waals surface area contributed by atoms with E-state index in [9.17, 15) is 13.2 Å². The number of amidine groups is 1. The third kappa shape index (κ3) is 3.90. The molecule has 0 saturated heterocycles. The van der Waals surface area contributed by atoms with Gasteiger partial charge in [-0.05, 0) is 24.0 Å². The number of carbonyl (C=O) groups excluding carboxylic acids is 1. The maximum absolute atomic E-state index is 12.4. The molecule has 0 spiro atoms. The van der Waals surface area contributed by atoms with Crippen molar-refractivity contribution in [2.75, 3.05) is 6.54 Å². The van der Waals surface area contributed by atoms with E-state index < -0.39 is 16.1 Å². The number of carbonyl (C=O) groups is 1. The number of aliphatic imine (C=N–C) groups is 1. The molecule has 0 bridgehead atoms. The molecule has 1 aromatic rings. The Morgan fingerprint density at radius 1 is 1.22 bits per heavy atom. The number of nitrogens with one attached hydrogen (secondary N) is 2. The number of benzene rings is 1. The maximum atomic E-state index is 12.4. The zero-order valence-electron chi connectivity index (χ0n) is 13.8. The number of nitrogens with zero attached hydrogens (tertiary/aromatic N) is 1. The summed E-state index contributed by atoms with van der Waals surface area (Å²) in [7, 11) is -3.59. The van der Waals surface area contributed by atoms with Gasteiger partial charge < -0.3 is 5.32 Å². The second kappa shape index (κ2) is 6.70. The molecule has 6 nitrogen and oxygen atoms in total. The summed E-state index contributed by atoms with van der Waals surface area (Å²) in [6.45, 7) is 8.36. The maximum Gasteiger partial charge on any atom is 0.263 e. The van der Waals surface area contributed by atoms with Gasteiger partial charge in [-0.2, -0.15) is 0 Å². The van der Waals surface area contributed by atoms with Crippen LogP contribution in [0.1, 0.15) is 33.3 Å². The van der Waals surface area contributed by atoms with Crippen molar-refractivity contribution in [1.82, 2.24) is 10.0 Å². The van der Waals surface area contributed by atoms with Crippen LogP contribution in [0.4, 0.5) is 0 Å². The molecule has 2 rings (SSSR count). The number of hydrogen-bond donors (Lipinski definition) is 2. The van der Waals surface area contributed by atoms with Crippen molar-refractivity contribution < 1.29 is 13.2 Å². The number of fused-ring (bicyclic) bond motifs is 1. The average molecular weight is 337 g/mol. The fourth-order valence-corrected chi connectivity index (χ4v) is 3.53. The van der Waals surface area contributed by atoms with E-state index in [-0.39, 0.29) is 22.6 Å². The van der Waals surface area contributed by atoms with Gasteiger partial charge in [0.15, 0.2) is 0 Å². The Labute approximate surface area is 137 Å². The molecule has 0 saturated carbocycles. The van der Waals surface area contributed by atoms with Crippen LogP contribution in [-0.4, -0.2) is 32.7 Å². The lowest BCUT2D eigenvalue weighted by Gasteiger charge is -2.18. The summed E-state index contributed by atoms with van der Waals surface area (Å²) in [6.07, 6.45) is 0. The van der Waals surface area contributed by atoms with E-state index >= 15 is 0 Å². The quantitative estimate of drug-likeness (QED) is 0.854. The first-order chi connectivity index (χ1) is 10.7. The van der Waals surface area contributed by atoms with Crippen LogP contribution in [0.5, 0.6) is 0 Å². The van der Waals surface area contributed by atoms with E-state index in [1.54, 1.807) is 18.2 Å². The Hall–Kier alpha value is -1.89. The van der Waals surface area contributed by atoms with E-state index in [0.29, 0.717) is 18.0 Å². The molecule has 1 aliphatic heterocycles. The first-order valence-electron chi connectivity index (χ1n) is 7.70. The number of sulfonamides is 1. The average Bonchev–Trinajstić information content (AvgIpc) is 2.73. The van der Waals surface area contributed by atoms with E-state index in [0.717, 1.165) is 0 Å². The smallest absolute Gasteiger partial charge is 0.263 e. The molecule has 1 atom stereocenters. The largest absolute Gasteiger partial charge is 0.354 e. The van der Waals surface area contributed by atoms with E-state index in [1.165, 1.54) is 6.07 Å². The molecule has 1 aromatic carbocycles. The van der Waals surface area contributed by atoms with Gasteiger partial charge in [-0.3, -0.25) is 14.5 Å². The second-order valence-electron chi connectivity index (χ2n) is 6.41. The second-order valence-corrected chi connectivity index (χ2v) is 8.06. The third-order valence-corrected chi connectivity index (χ3v) is 4.91. The zero-order valence-corrected chi connectivity index (χ0v) is 14.6. The highest BCUT2D eigenvalue weighted by Gasteiger charge is 2.32. The zero-order chi connectivity index (χ0) is 17.2. The monoisotopic (exact) mass is 337 g/mol. The van der Waals surface area contributed by atoms with Gasteiger partial charge in [-0.1, -0.05) is 39.8 Å². The molecule has 1 aliphatic rings. The molecule has 0 aliphatic carbocycles. The summed E-state index contributed by atoms with van der Waals surface area (Å²) in [5.74, 6) is 0.334. The SMILES string of the molecule is CC(C)CNC(=O)[C@H](N=C1NS(=O)(=O)c2ccccc21)C(C)C. The molecule has 0 fully saturated rings. The van der Waals surface area contributed by atoms with Crippen molar-refractivity contribution in [3.8, 4) is 0 Å². The first kappa shape index (κ1) is 17.5. The molecule has 2 N–H and O–H groups in total. The van der Waals surface area contributed by atoms with Gasteiger partial charge in [0.05, 0.1) is 4.90 Å². The van der Waals surface area contributed by atoms with E-state index in [4.69, 9.17) is 0 Å². The Morgan fingerprint density at radius 3 is 2.48 bits per heavy atom. The number of hydrogen-bond acceptors (Lipinski definition) is 4. The molecule has 0 radical (unpaired) electrons. The van der Waals surface area contributed by atoms with Gasteiger partial charge in [0, 0.05) is 12.1 Å². The van der Waals surface area contributed by atoms with Crippen LogP contribution in [0.2, 0.25) is 0 Å². The fourth-order valence-electron chi connectivity index (χ4n) is 2.29. The summed E-state index contributed by atoms with van der Waals surface area (Å²) in [4.78, 5) is 17.0. The van der Waals surface area contributed by atoms with Crippen molar-refractivity contribution >= 4 is 21.8 Å². The molecule has 1 amide bonds. The summed E-state index contributed by atoms with van der Waals surface area (Å²) < 4.78 is 26.7. The minimum absolute atomic E-state index is 0.0491. The lowest BCUT2D eigenvalue weighted by Crippen LogP contribution is -2.40. The fraction of sp³-hybridized carbons (Fsp3) is 0.500. The molecule has 0 unspecified atom stereocenters. The Bertz CT molecular complexity index is 724. The van der Waals surface area contributed by atoms with Crippen LogP contribution >= 0.6 is 0 Å². The van der Waals surface area contributed by atoms with Gasteiger partial charge in [-0.25, -0.2) is 8.42 Å². The standard InChI is InChI=1S/C16H23N3O3S/c1-10(2)9-17-16(20)14(11(3)4)18-15-12-7-5-6-8-13(12)23(21,22)19-15/h5-8,10-11,14H,9H2,1-4H3,(H,17,20)(H,18,19)/t14-/m1/s1. The first-order valence-corrected chi connectivity index (χ1v) is 9.18. The predicted molar refractivity (Wildman–Crippen MR) is 89.8 cm³/mol. The van der Waals surface area contributed by atoms with Gasteiger partial charge in [0.2, 0.25) is 5.91 Å². The number of amides is 1. The molecular formula is C16H23N3O3S. The van der Waals surface area contributed by atoms with Gasteiger partial charge in [0.1, 0.15) is 11.9 Å². The normalized spacial score (nSPS) is 18.8. The lowest BCUT2D eigenvalue weighted by molar-refractivity contribution is -0.123. The molecule has 7 heteroatoms. The third-order valence-electron chi connectivity index (χ3n) is 3.52. The molecule has 0 aromatic heterocycles. The highest BCUT2D eigenvalue weighted by atomic mass is 32.2. The van der Waals surface area contributed by atoms with Gasteiger partial charge >= 0.3 is 0 Å². The Balaban J connectivity index is 2.33. The van der Waals surface area contributed by atoms with Gasteiger partial charge in [0.25, 0.3) is 10.0 Å². The molecule has 23 heavy (non-hydrogen) atoms. The lowest BCUT2D eigenvalue weighted by atomic mass is 10.0. The molecular weight excluding hydrogens is 314 g/mol. The van der Waals surface area contributed by atoms with Crippen LogP contribution in [-0.2, 0) is 14.8 Å². The predicted octanol–water partition coefficient (Wildman–Crippen LogP) is 1.52. The topological polar surface area (TPSA) is 87.6 Å². The van der Waals surface area contributed by atoms with Crippen LogP contribution in [0.3, 0.4) is 0 Å². The highest BCUT2D eigenvalue weighted by molar-refractivity contribution is 7.90. The van der Waals surface area contributed by atoms with E-state index in [1.807, 2.05) is 27.7 Å². The van der Waals surface area contributed by atoms with Crippen molar-refractivity contribution in [3.05, 3.63) is 29.8 Å². The Morgan fingerprint density at radius 2 is 1.87 bits per heavy atom. The molecule has 1 heterocycles. The van der Waals surface area contributed by atoms with Crippen LogP contribution < -0.4 is 10.0 Å². The Kier molecular flexibility index (Phi) is 5.09. The summed E-state index contributed by atoms with van der Waals surface area (Å²) >= 11 is 0. The van der Waals surface area contributed by atoms with Crippen LogP contribution in [0.15, 0.2) is 34.2 Å². The van der Waals surface area contributed by atoms with Crippen molar-refractivity contribution in [1.29, 1.82) is 0 Å². The van der Waals surface area contributed by atoms with Crippen molar-refractivity contribution in [2.45, 2.75) is 38.6 Å².